The number of rotatable bonds is 6. The average Bonchev–Trinajstić information content (AvgIpc) is 3.56. The number of hydrogen-bond donors (Lipinski definition) is 4. The van der Waals surface area contributed by atoms with Crippen molar-refractivity contribution in [3.8, 4) is 33.6 Å². The highest BCUT2D eigenvalue weighted by Gasteiger charge is 2.47. The number of aromatic amines is 2. The van der Waals surface area contributed by atoms with Gasteiger partial charge in [-0.1, -0.05) is 49.4 Å². The Morgan fingerprint density at radius 2 is 1.78 bits per heavy atom. The second kappa shape index (κ2) is 7.89. The molecule has 2 aromatic carbocycles. The summed E-state index contributed by atoms with van der Waals surface area (Å²) in [5, 5.41) is 7.30. The van der Waals surface area contributed by atoms with Gasteiger partial charge in [-0.25, -0.2) is 9.97 Å². The van der Waals surface area contributed by atoms with Gasteiger partial charge in [-0.05, 0) is 66.2 Å². The Morgan fingerprint density at radius 1 is 0.944 bits per heavy atom. The Kier molecular flexibility index (Phi) is 4.58. The zero-order valence-electron chi connectivity index (χ0n) is 20.6. The van der Waals surface area contributed by atoms with Gasteiger partial charge >= 0.3 is 0 Å². The molecule has 4 aliphatic rings. The third-order valence-corrected chi connectivity index (χ3v) is 8.81. The Hall–Kier alpha value is -3.22. The molecule has 1 saturated heterocycles. The first-order chi connectivity index (χ1) is 17.7. The highest BCUT2D eigenvalue weighted by atomic mass is 15.1. The van der Waals surface area contributed by atoms with Gasteiger partial charge in [-0.2, -0.15) is 0 Å². The summed E-state index contributed by atoms with van der Waals surface area (Å²) in [7, 11) is 0. The van der Waals surface area contributed by atoms with Crippen molar-refractivity contribution in [2.45, 2.75) is 63.7 Å². The maximum atomic E-state index is 5.08. The number of fused-ring (bicyclic) bond motifs is 4. The first-order valence-electron chi connectivity index (χ1n) is 13.5. The molecule has 3 aliphatic carbocycles. The summed E-state index contributed by atoms with van der Waals surface area (Å²) < 4.78 is 0. The summed E-state index contributed by atoms with van der Waals surface area (Å²) in [6.45, 7) is 3.09. The van der Waals surface area contributed by atoms with E-state index in [1.807, 2.05) is 6.20 Å². The fraction of sp³-hybridized carbons (Fsp3) is 0.400. The maximum absolute atomic E-state index is 5.08. The summed E-state index contributed by atoms with van der Waals surface area (Å²) in [6, 6.07) is 17.5. The minimum Gasteiger partial charge on any atom is -0.344 e. The van der Waals surface area contributed by atoms with Crippen molar-refractivity contribution in [1.29, 1.82) is 0 Å². The lowest BCUT2D eigenvalue weighted by molar-refractivity contribution is 0.542. The molecule has 2 saturated carbocycles. The van der Waals surface area contributed by atoms with Crippen molar-refractivity contribution in [1.82, 2.24) is 30.6 Å². The molecule has 2 aromatic heterocycles. The van der Waals surface area contributed by atoms with Gasteiger partial charge in [0.2, 0.25) is 0 Å². The number of imidazole rings is 2. The highest BCUT2D eigenvalue weighted by Crippen LogP contribution is 2.46. The van der Waals surface area contributed by atoms with Crippen LogP contribution in [0.15, 0.2) is 48.7 Å². The zero-order valence-corrected chi connectivity index (χ0v) is 20.6. The lowest BCUT2D eigenvalue weighted by Crippen LogP contribution is -2.18. The molecule has 1 aliphatic heterocycles. The van der Waals surface area contributed by atoms with Gasteiger partial charge in [0.1, 0.15) is 11.6 Å². The lowest BCUT2D eigenvalue weighted by atomic mass is 9.89. The summed E-state index contributed by atoms with van der Waals surface area (Å²) in [5.41, 5.74) is 9.92. The molecule has 4 N–H and O–H groups in total. The normalized spacial score (nSPS) is 27.4. The van der Waals surface area contributed by atoms with Crippen LogP contribution in [-0.4, -0.2) is 32.0 Å². The topological polar surface area (TPSA) is 81.4 Å². The maximum Gasteiger partial charge on any atom is 0.124 e. The Labute approximate surface area is 211 Å². The standard InChI is InChI=1S/C30H32N6/c1-16-10-24(16)31-15-28-32-14-27(34-28)18-4-2-17(3-5-18)19-6-8-22-20(11-19)7-9-23-29(22)36-30(35-23)26-13-21-12-25(21)33-26/h2-6,8,11,14,16,21,24-26,31,33H,7,9-10,12-13,15H2,1H3,(H,32,34)(H,35,36)/t16?,21-,24?,25-,26+/m1/s1. The van der Waals surface area contributed by atoms with Crippen LogP contribution in [0.25, 0.3) is 33.6 Å². The number of nitrogens with one attached hydrogen (secondary N) is 4. The van der Waals surface area contributed by atoms with Crippen LogP contribution in [0.2, 0.25) is 0 Å². The van der Waals surface area contributed by atoms with Crippen LogP contribution in [-0.2, 0) is 19.4 Å². The molecule has 0 amide bonds. The minimum absolute atomic E-state index is 0.407. The molecule has 6 nitrogen and oxygen atoms in total. The molecule has 3 heterocycles. The first-order valence-corrected chi connectivity index (χ1v) is 13.5. The Bertz CT molecular complexity index is 1440. The molecule has 4 aromatic rings. The fourth-order valence-electron chi connectivity index (χ4n) is 6.28. The number of piperidine rings is 1. The van der Waals surface area contributed by atoms with Crippen LogP contribution in [0.3, 0.4) is 0 Å². The monoisotopic (exact) mass is 476 g/mol. The van der Waals surface area contributed by atoms with Crippen molar-refractivity contribution in [3.05, 3.63) is 71.6 Å². The molecule has 6 heteroatoms. The molecule has 5 atom stereocenters. The van der Waals surface area contributed by atoms with Crippen LogP contribution in [0.1, 0.15) is 55.1 Å². The quantitative estimate of drug-likeness (QED) is 0.310. The largest absolute Gasteiger partial charge is 0.344 e. The van der Waals surface area contributed by atoms with Crippen LogP contribution >= 0.6 is 0 Å². The van der Waals surface area contributed by atoms with E-state index in [1.54, 1.807) is 0 Å². The summed E-state index contributed by atoms with van der Waals surface area (Å²) >= 11 is 0. The molecule has 0 radical (unpaired) electrons. The van der Waals surface area contributed by atoms with E-state index in [-0.39, 0.29) is 0 Å². The average molecular weight is 477 g/mol. The van der Waals surface area contributed by atoms with Gasteiger partial charge in [0.25, 0.3) is 0 Å². The predicted octanol–water partition coefficient (Wildman–Crippen LogP) is 5.15. The van der Waals surface area contributed by atoms with Crippen molar-refractivity contribution in [3.63, 3.8) is 0 Å². The summed E-state index contributed by atoms with van der Waals surface area (Å²) in [6.07, 6.45) is 7.90. The molecule has 8 rings (SSSR count). The SMILES string of the molecule is CC1CC1NCc1ncc(-c2ccc(-c3ccc4c(c3)CCc3[nH]c([C@@H]5C[C@H]6C[C@H]6N5)nc3-4)cc2)[nH]1. The van der Waals surface area contributed by atoms with Crippen molar-refractivity contribution >= 4 is 0 Å². The van der Waals surface area contributed by atoms with Crippen LogP contribution in [0.4, 0.5) is 0 Å². The van der Waals surface area contributed by atoms with E-state index in [2.05, 4.69) is 75.0 Å². The molecule has 2 unspecified atom stereocenters. The second-order valence-electron chi connectivity index (χ2n) is 11.4. The zero-order chi connectivity index (χ0) is 23.8. The second-order valence-corrected chi connectivity index (χ2v) is 11.4. The fourth-order valence-corrected chi connectivity index (χ4v) is 6.28. The molecule has 0 spiro atoms. The van der Waals surface area contributed by atoms with E-state index in [0.717, 1.165) is 60.3 Å². The molecule has 3 fully saturated rings. The van der Waals surface area contributed by atoms with Crippen molar-refractivity contribution in [2.75, 3.05) is 0 Å². The number of benzene rings is 2. The Balaban J connectivity index is 1.00. The number of hydrogen-bond acceptors (Lipinski definition) is 4. The third kappa shape index (κ3) is 3.62. The number of aryl methyl sites for hydroxylation is 2. The predicted molar refractivity (Wildman–Crippen MR) is 141 cm³/mol. The van der Waals surface area contributed by atoms with E-state index >= 15 is 0 Å². The van der Waals surface area contributed by atoms with Gasteiger partial charge in [0.15, 0.2) is 0 Å². The van der Waals surface area contributed by atoms with Gasteiger partial charge in [-0.15, -0.1) is 0 Å². The third-order valence-electron chi connectivity index (χ3n) is 8.81. The van der Waals surface area contributed by atoms with Crippen molar-refractivity contribution in [2.24, 2.45) is 11.8 Å². The summed E-state index contributed by atoms with van der Waals surface area (Å²) in [4.78, 5) is 16.8. The lowest BCUT2D eigenvalue weighted by Gasteiger charge is -2.16. The first kappa shape index (κ1) is 20.9. The molecule has 36 heavy (non-hydrogen) atoms. The van der Waals surface area contributed by atoms with Crippen LogP contribution < -0.4 is 10.6 Å². The van der Waals surface area contributed by atoms with E-state index in [9.17, 15) is 0 Å². The highest BCUT2D eigenvalue weighted by molar-refractivity contribution is 5.76. The smallest absolute Gasteiger partial charge is 0.124 e. The molecular formula is C30H32N6. The van der Waals surface area contributed by atoms with Gasteiger partial charge in [0, 0.05) is 23.3 Å². The van der Waals surface area contributed by atoms with Crippen LogP contribution in [0, 0.1) is 11.8 Å². The van der Waals surface area contributed by atoms with E-state index in [4.69, 9.17) is 4.98 Å². The summed E-state index contributed by atoms with van der Waals surface area (Å²) in [5.74, 6) is 3.82. The Morgan fingerprint density at radius 3 is 2.58 bits per heavy atom. The van der Waals surface area contributed by atoms with E-state index in [1.165, 1.54) is 52.8 Å². The van der Waals surface area contributed by atoms with Gasteiger partial charge < -0.3 is 20.6 Å². The molecule has 0 bridgehead atoms. The van der Waals surface area contributed by atoms with Crippen molar-refractivity contribution < 1.29 is 0 Å². The number of aromatic nitrogens is 4. The minimum atomic E-state index is 0.407. The van der Waals surface area contributed by atoms with E-state index in [0.29, 0.717) is 12.1 Å². The van der Waals surface area contributed by atoms with E-state index < -0.39 is 0 Å². The number of H-pyrrole nitrogens is 2. The molecule has 182 valence electrons. The van der Waals surface area contributed by atoms with Crippen LogP contribution in [0.5, 0.6) is 0 Å². The molecular weight excluding hydrogens is 444 g/mol. The van der Waals surface area contributed by atoms with Gasteiger partial charge in [0.05, 0.1) is 30.2 Å². The number of nitrogens with zero attached hydrogens (tertiary/aromatic N) is 2. The van der Waals surface area contributed by atoms with Gasteiger partial charge in [-0.3, -0.25) is 0 Å².